The lowest BCUT2D eigenvalue weighted by Crippen LogP contribution is -2.57. The van der Waals surface area contributed by atoms with Crippen LogP contribution in [0.3, 0.4) is 0 Å². The highest BCUT2D eigenvalue weighted by atomic mass is 35.5. The Morgan fingerprint density at radius 1 is 1.14 bits per heavy atom. The summed E-state index contributed by atoms with van der Waals surface area (Å²) >= 11 is 6.10. The maximum atomic E-state index is 12.1. The van der Waals surface area contributed by atoms with Gasteiger partial charge in [-0.2, -0.15) is 5.10 Å². The summed E-state index contributed by atoms with van der Waals surface area (Å²) in [6.07, 6.45) is 5.14. The minimum Gasteiger partial charge on any atom is -0.373 e. The Labute approximate surface area is 211 Å². The molecule has 1 aromatic heterocycles. The van der Waals surface area contributed by atoms with Gasteiger partial charge in [-0.15, -0.1) is 0 Å². The molecule has 8 nitrogen and oxygen atoms in total. The Balaban J connectivity index is 1.28. The summed E-state index contributed by atoms with van der Waals surface area (Å²) in [5.74, 6) is 0.322. The normalized spacial score (nSPS) is 27.9. The summed E-state index contributed by atoms with van der Waals surface area (Å²) in [6, 6.07) is 10.6. The van der Waals surface area contributed by atoms with Crippen LogP contribution in [-0.4, -0.2) is 75.9 Å². The number of carbonyl (C=O) groups excluding carboxylic acids is 2. The van der Waals surface area contributed by atoms with Crippen LogP contribution in [0.2, 0.25) is 5.02 Å². The number of aromatic nitrogens is 2. The number of amides is 3. The van der Waals surface area contributed by atoms with Gasteiger partial charge >= 0.3 is 6.03 Å². The third-order valence-electron chi connectivity index (χ3n) is 7.83. The zero-order valence-corrected chi connectivity index (χ0v) is 21.2. The van der Waals surface area contributed by atoms with Crippen molar-refractivity contribution in [1.82, 2.24) is 24.9 Å². The molecule has 1 aliphatic carbocycles. The average Bonchev–Trinajstić information content (AvgIpc) is 3.36. The van der Waals surface area contributed by atoms with E-state index < -0.39 is 0 Å². The second kappa shape index (κ2) is 10.3. The van der Waals surface area contributed by atoms with E-state index >= 15 is 0 Å². The van der Waals surface area contributed by atoms with Crippen LogP contribution in [0.4, 0.5) is 4.79 Å². The number of imide groups is 1. The molecule has 1 N–H and O–H groups in total. The number of hydrogen-bond donors (Lipinski definition) is 1. The van der Waals surface area contributed by atoms with Gasteiger partial charge in [-0.25, -0.2) is 4.79 Å². The Morgan fingerprint density at radius 3 is 2.51 bits per heavy atom. The molecule has 3 fully saturated rings. The monoisotopic (exact) mass is 499 g/mol. The third-order valence-corrected chi connectivity index (χ3v) is 8.08. The second-order valence-corrected chi connectivity index (χ2v) is 10.6. The Hall–Kier alpha value is -2.42. The van der Waals surface area contributed by atoms with Crippen LogP contribution < -0.4 is 5.32 Å². The number of ether oxygens (including phenoxy) is 1. The summed E-state index contributed by atoms with van der Waals surface area (Å²) in [4.78, 5) is 28.1. The van der Waals surface area contributed by atoms with Crippen molar-refractivity contribution in [3.05, 3.63) is 52.3 Å². The molecule has 3 aliphatic rings. The largest absolute Gasteiger partial charge is 0.373 e. The lowest BCUT2D eigenvalue weighted by molar-refractivity contribution is -0.129. The number of nitrogens with one attached hydrogen (secondary N) is 1. The van der Waals surface area contributed by atoms with E-state index in [9.17, 15) is 9.59 Å². The van der Waals surface area contributed by atoms with Gasteiger partial charge in [-0.05, 0) is 62.8 Å². The second-order valence-electron chi connectivity index (χ2n) is 10.1. The van der Waals surface area contributed by atoms with E-state index in [0.717, 1.165) is 37.1 Å². The number of rotatable bonds is 6. The number of hydrogen-bond acceptors (Lipinski definition) is 5. The molecule has 188 valence electrons. The molecule has 2 saturated heterocycles. The van der Waals surface area contributed by atoms with Gasteiger partial charge in [0.25, 0.3) is 0 Å². The molecular formula is C26H34ClN5O3. The van der Waals surface area contributed by atoms with Crippen LogP contribution in [0.1, 0.15) is 48.6 Å². The standard InChI is InChI=1S/C26H34ClN5O3/c1-17-11-24(29-30(17)2)19-5-9-21(10-6-19)31-14-23(15-32-25(33)13-28-26(32)34)35-16-22(31)12-18-3-7-20(27)8-4-18/h3-4,7-8,11,19,21-23H,5-6,9-10,12-16H2,1-2H3,(H,28,34). The van der Waals surface area contributed by atoms with E-state index in [-0.39, 0.29) is 30.6 Å². The lowest BCUT2D eigenvalue weighted by Gasteiger charge is -2.46. The summed E-state index contributed by atoms with van der Waals surface area (Å²) < 4.78 is 8.18. The van der Waals surface area contributed by atoms with Crippen LogP contribution >= 0.6 is 11.6 Å². The van der Waals surface area contributed by atoms with Crippen molar-refractivity contribution >= 4 is 23.5 Å². The zero-order chi connectivity index (χ0) is 24.5. The molecule has 0 spiro atoms. The number of halogens is 1. The van der Waals surface area contributed by atoms with Gasteiger partial charge in [0.2, 0.25) is 5.91 Å². The van der Waals surface area contributed by atoms with Gasteiger partial charge < -0.3 is 10.1 Å². The maximum Gasteiger partial charge on any atom is 0.324 e. The van der Waals surface area contributed by atoms with E-state index in [2.05, 4.69) is 35.3 Å². The Kier molecular flexibility index (Phi) is 7.14. The van der Waals surface area contributed by atoms with Gasteiger partial charge in [-0.1, -0.05) is 23.7 Å². The zero-order valence-electron chi connectivity index (χ0n) is 20.5. The minimum absolute atomic E-state index is 0.0749. The molecular weight excluding hydrogens is 466 g/mol. The van der Waals surface area contributed by atoms with E-state index in [1.807, 2.05) is 23.9 Å². The highest BCUT2D eigenvalue weighted by Crippen LogP contribution is 2.36. The Bertz CT molecular complexity index is 1030. The van der Waals surface area contributed by atoms with E-state index in [4.69, 9.17) is 21.4 Å². The molecule has 2 aromatic rings. The molecule has 1 saturated carbocycles. The van der Waals surface area contributed by atoms with Gasteiger partial charge in [0.15, 0.2) is 0 Å². The molecule has 35 heavy (non-hydrogen) atoms. The summed E-state index contributed by atoms with van der Waals surface area (Å²) in [6.45, 7) is 3.77. The first kappa shape index (κ1) is 24.3. The molecule has 2 atom stereocenters. The van der Waals surface area contributed by atoms with Crippen LogP contribution in [0.25, 0.3) is 0 Å². The number of morpholine rings is 1. The molecule has 3 heterocycles. The Morgan fingerprint density at radius 2 is 1.89 bits per heavy atom. The smallest absolute Gasteiger partial charge is 0.324 e. The summed E-state index contributed by atoms with van der Waals surface area (Å²) in [7, 11) is 2.01. The van der Waals surface area contributed by atoms with Crippen molar-refractivity contribution in [3.63, 3.8) is 0 Å². The maximum absolute atomic E-state index is 12.1. The molecule has 2 aliphatic heterocycles. The highest BCUT2D eigenvalue weighted by molar-refractivity contribution is 6.30. The van der Waals surface area contributed by atoms with Crippen LogP contribution in [-0.2, 0) is 23.0 Å². The van der Waals surface area contributed by atoms with Crippen molar-refractivity contribution in [2.75, 3.05) is 26.2 Å². The van der Waals surface area contributed by atoms with Crippen molar-refractivity contribution in [2.24, 2.45) is 7.05 Å². The predicted molar refractivity (Wildman–Crippen MR) is 133 cm³/mol. The van der Waals surface area contributed by atoms with Crippen molar-refractivity contribution in [1.29, 1.82) is 0 Å². The van der Waals surface area contributed by atoms with Crippen molar-refractivity contribution in [3.8, 4) is 0 Å². The fourth-order valence-corrected chi connectivity index (χ4v) is 5.87. The number of benzene rings is 1. The fraction of sp³-hybridized carbons (Fsp3) is 0.577. The summed E-state index contributed by atoms with van der Waals surface area (Å²) in [5, 5.41) is 8.07. The van der Waals surface area contributed by atoms with Gasteiger partial charge in [0.05, 0.1) is 31.5 Å². The van der Waals surface area contributed by atoms with Crippen LogP contribution in [0.15, 0.2) is 30.3 Å². The van der Waals surface area contributed by atoms with Crippen molar-refractivity contribution in [2.45, 2.75) is 63.1 Å². The lowest BCUT2D eigenvalue weighted by atomic mass is 9.82. The van der Waals surface area contributed by atoms with Crippen LogP contribution in [0, 0.1) is 6.92 Å². The van der Waals surface area contributed by atoms with E-state index in [1.54, 1.807) is 0 Å². The van der Waals surface area contributed by atoms with Gasteiger partial charge in [-0.3, -0.25) is 19.3 Å². The molecule has 1 aromatic carbocycles. The molecule has 3 amide bonds. The first-order valence-electron chi connectivity index (χ1n) is 12.6. The summed E-state index contributed by atoms with van der Waals surface area (Å²) in [5.41, 5.74) is 3.64. The number of carbonyl (C=O) groups is 2. The SMILES string of the molecule is Cc1cc(C2CCC(N3CC(CN4C(=O)CNC4=O)OCC3Cc3ccc(Cl)cc3)CC2)nn1C. The first-order valence-corrected chi connectivity index (χ1v) is 13.0. The first-order chi connectivity index (χ1) is 16.9. The molecule has 5 rings (SSSR count). The molecule has 0 bridgehead atoms. The van der Waals surface area contributed by atoms with Gasteiger partial charge in [0, 0.05) is 42.3 Å². The quantitative estimate of drug-likeness (QED) is 0.617. The number of urea groups is 1. The van der Waals surface area contributed by atoms with E-state index in [0.29, 0.717) is 31.7 Å². The van der Waals surface area contributed by atoms with E-state index in [1.165, 1.54) is 21.9 Å². The highest BCUT2D eigenvalue weighted by Gasteiger charge is 2.39. The molecule has 9 heteroatoms. The third kappa shape index (κ3) is 5.39. The van der Waals surface area contributed by atoms with Crippen molar-refractivity contribution < 1.29 is 14.3 Å². The molecule has 0 radical (unpaired) electrons. The molecule has 2 unspecified atom stereocenters. The minimum atomic E-state index is -0.320. The average molecular weight is 500 g/mol. The topological polar surface area (TPSA) is 79.7 Å². The number of nitrogens with zero attached hydrogens (tertiary/aromatic N) is 4. The van der Waals surface area contributed by atoms with Crippen LogP contribution in [0.5, 0.6) is 0 Å². The predicted octanol–water partition coefficient (Wildman–Crippen LogP) is 3.27. The van der Waals surface area contributed by atoms with Gasteiger partial charge in [0.1, 0.15) is 0 Å². The number of aryl methyl sites for hydroxylation is 2. The fourth-order valence-electron chi connectivity index (χ4n) is 5.74.